The fourth-order valence-electron chi connectivity index (χ4n) is 3.24. The van der Waals surface area contributed by atoms with Gasteiger partial charge in [0.2, 0.25) is 0 Å². The molecule has 0 atom stereocenters. The first-order chi connectivity index (χ1) is 11.5. The number of carbonyl (C=O) groups excluding carboxylic acids is 2. The van der Waals surface area contributed by atoms with Crippen molar-refractivity contribution in [3.05, 3.63) is 38.1 Å². The van der Waals surface area contributed by atoms with E-state index in [9.17, 15) is 9.59 Å². The number of aromatic nitrogens is 2. The summed E-state index contributed by atoms with van der Waals surface area (Å²) in [6.45, 7) is 6.43. The predicted octanol–water partition coefficient (Wildman–Crippen LogP) is 3.49. The molecule has 0 saturated carbocycles. The molecule has 0 aliphatic heterocycles. The predicted molar refractivity (Wildman–Crippen MR) is 94.8 cm³/mol. The fourth-order valence-corrected chi connectivity index (χ4v) is 4.35. The normalized spacial score (nSPS) is 13.9. The smallest absolute Gasteiger partial charge is 0.254 e. The first kappa shape index (κ1) is 16.9. The van der Waals surface area contributed by atoms with E-state index in [-0.39, 0.29) is 11.7 Å². The van der Waals surface area contributed by atoms with E-state index in [1.165, 1.54) is 0 Å². The number of amides is 1. The van der Waals surface area contributed by atoms with Gasteiger partial charge in [-0.15, -0.1) is 11.3 Å². The number of carbonyl (C=O) groups is 2. The van der Waals surface area contributed by atoms with E-state index >= 15 is 0 Å². The van der Waals surface area contributed by atoms with E-state index in [1.807, 2.05) is 13.8 Å². The lowest BCUT2D eigenvalue weighted by Gasteiger charge is -2.11. The van der Waals surface area contributed by atoms with Gasteiger partial charge in [-0.1, -0.05) is 6.92 Å². The SMILES string of the molecule is CCCc1nc(C)c(CNC(=O)c2c(C)[nH]c3c2C(=O)CCC3)s1. The molecule has 2 aromatic heterocycles. The molecule has 6 heteroatoms. The molecule has 0 bridgehead atoms. The summed E-state index contributed by atoms with van der Waals surface area (Å²) in [5, 5.41) is 4.08. The van der Waals surface area contributed by atoms with E-state index < -0.39 is 0 Å². The van der Waals surface area contributed by atoms with Crippen LogP contribution in [0.2, 0.25) is 0 Å². The number of Topliss-reactive ketones (excluding diaryl/α,β-unsaturated/α-hetero) is 1. The highest BCUT2D eigenvalue weighted by Gasteiger charge is 2.28. The number of thiazole rings is 1. The molecular formula is C18H23N3O2S. The van der Waals surface area contributed by atoms with Crippen LogP contribution in [0.15, 0.2) is 0 Å². The number of H-pyrrole nitrogens is 1. The van der Waals surface area contributed by atoms with Gasteiger partial charge in [0.05, 0.1) is 28.4 Å². The van der Waals surface area contributed by atoms with Crippen LogP contribution in [-0.4, -0.2) is 21.7 Å². The standard InChI is InChI=1S/C18H23N3O2S/c1-4-6-15-21-10(2)14(24-15)9-19-18(23)16-11(3)20-12-7-5-8-13(22)17(12)16/h20H,4-9H2,1-3H3,(H,19,23). The molecule has 3 rings (SSSR count). The van der Waals surface area contributed by atoms with Gasteiger partial charge in [-0.3, -0.25) is 9.59 Å². The third-order valence-electron chi connectivity index (χ3n) is 4.41. The summed E-state index contributed by atoms with van der Waals surface area (Å²) in [7, 11) is 0. The van der Waals surface area contributed by atoms with Crippen LogP contribution in [0.3, 0.4) is 0 Å². The quantitative estimate of drug-likeness (QED) is 0.871. The Morgan fingerprint density at radius 1 is 1.33 bits per heavy atom. The lowest BCUT2D eigenvalue weighted by molar-refractivity contribution is 0.0926. The van der Waals surface area contributed by atoms with Crippen molar-refractivity contribution < 1.29 is 9.59 Å². The Balaban J connectivity index is 1.77. The van der Waals surface area contributed by atoms with Gasteiger partial charge in [-0.05, 0) is 39.5 Å². The lowest BCUT2D eigenvalue weighted by Crippen LogP contribution is -2.25. The maximum Gasteiger partial charge on any atom is 0.254 e. The van der Waals surface area contributed by atoms with E-state index in [2.05, 4.69) is 22.2 Å². The molecule has 2 heterocycles. The first-order valence-corrected chi connectivity index (χ1v) is 9.31. The van der Waals surface area contributed by atoms with E-state index in [0.717, 1.165) is 52.6 Å². The summed E-state index contributed by atoms with van der Waals surface area (Å²) in [5.41, 5.74) is 3.79. The van der Waals surface area contributed by atoms with Crippen LogP contribution in [-0.2, 0) is 19.4 Å². The summed E-state index contributed by atoms with van der Waals surface area (Å²) in [6.07, 6.45) is 4.25. The third-order valence-corrected chi connectivity index (χ3v) is 5.63. The minimum Gasteiger partial charge on any atom is -0.361 e. The van der Waals surface area contributed by atoms with Crippen LogP contribution in [0, 0.1) is 13.8 Å². The maximum atomic E-state index is 12.7. The number of hydrogen-bond donors (Lipinski definition) is 2. The molecular weight excluding hydrogens is 322 g/mol. The summed E-state index contributed by atoms with van der Waals surface area (Å²) >= 11 is 1.66. The van der Waals surface area contributed by atoms with E-state index in [4.69, 9.17) is 0 Å². The molecule has 1 amide bonds. The highest BCUT2D eigenvalue weighted by atomic mass is 32.1. The van der Waals surface area contributed by atoms with Gasteiger partial charge < -0.3 is 10.3 Å². The molecule has 0 fully saturated rings. The van der Waals surface area contributed by atoms with Crippen molar-refractivity contribution in [2.45, 2.75) is 59.4 Å². The Bertz CT molecular complexity index is 789. The van der Waals surface area contributed by atoms with Crippen molar-refractivity contribution in [1.29, 1.82) is 0 Å². The van der Waals surface area contributed by atoms with Crippen LogP contribution in [0.25, 0.3) is 0 Å². The zero-order valence-corrected chi connectivity index (χ0v) is 15.2. The Morgan fingerprint density at radius 3 is 2.88 bits per heavy atom. The van der Waals surface area contributed by atoms with E-state index in [0.29, 0.717) is 24.1 Å². The lowest BCUT2D eigenvalue weighted by atomic mass is 9.93. The molecule has 24 heavy (non-hydrogen) atoms. The Morgan fingerprint density at radius 2 is 2.12 bits per heavy atom. The number of nitrogens with zero attached hydrogens (tertiary/aromatic N) is 1. The molecule has 1 aliphatic carbocycles. The monoisotopic (exact) mass is 345 g/mol. The van der Waals surface area contributed by atoms with Gasteiger partial charge in [-0.2, -0.15) is 0 Å². The zero-order chi connectivity index (χ0) is 17.3. The Labute approximate surface area is 145 Å². The molecule has 2 N–H and O–H groups in total. The summed E-state index contributed by atoms with van der Waals surface area (Å²) in [5.74, 6) is -0.102. The number of rotatable bonds is 5. The third kappa shape index (κ3) is 3.15. The van der Waals surface area contributed by atoms with Crippen LogP contribution in [0.4, 0.5) is 0 Å². The van der Waals surface area contributed by atoms with Gasteiger partial charge in [0.25, 0.3) is 5.91 Å². The largest absolute Gasteiger partial charge is 0.361 e. The van der Waals surface area contributed by atoms with Crippen molar-refractivity contribution in [3.8, 4) is 0 Å². The second-order valence-electron chi connectivity index (χ2n) is 6.30. The molecule has 2 aromatic rings. The summed E-state index contributed by atoms with van der Waals surface area (Å²) < 4.78 is 0. The van der Waals surface area contributed by atoms with Gasteiger partial charge in [0.1, 0.15) is 0 Å². The van der Waals surface area contributed by atoms with Crippen LogP contribution >= 0.6 is 11.3 Å². The van der Waals surface area contributed by atoms with Crippen molar-refractivity contribution >= 4 is 23.0 Å². The maximum absolute atomic E-state index is 12.7. The molecule has 0 aromatic carbocycles. The van der Waals surface area contributed by atoms with Crippen molar-refractivity contribution in [2.24, 2.45) is 0 Å². The Kier molecular flexibility index (Phi) is 4.85. The molecule has 5 nitrogen and oxygen atoms in total. The first-order valence-electron chi connectivity index (χ1n) is 8.49. The highest BCUT2D eigenvalue weighted by Crippen LogP contribution is 2.27. The number of ketones is 1. The van der Waals surface area contributed by atoms with Crippen LogP contribution in [0.5, 0.6) is 0 Å². The van der Waals surface area contributed by atoms with Crippen molar-refractivity contribution in [2.75, 3.05) is 0 Å². The average molecular weight is 345 g/mol. The van der Waals surface area contributed by atoms with Crippen molar-refractivity contribution in [3.63, 3.8) is 0 Å². The van der Waals surface area contributed by atoms with Crippen molar-refractivity contribution in [1.82, 2.24) is 15.3 Å². The minimum atomic E-state index is -0.176. The number of aromatic amines is 1. The molecule has 0 saturated heterocycles. The number of fused-ring (bicyclic) bond motifs is 1. The number of aryl methyl sites for hydroxylation is 4. The van der Waals surface area contributed by atoms with Crippen LogP contribution < -0.4 is 5.32 Å². The second kappa shape index (κ2) is 6.89. The minimum absolute atomic E-state index is 0.0740. The highest BCUT2D eigenvalue weighted by molar-refractivity contribution is 7.11. The zero-order valence-electron chi connectivity index (χ0n) is 14.4. The van der Waals surface area contributed by atoms with Gasteiger partial charge >= 0.3 is 0 Å². The average Bonchev–Trinajstić information content (AvgIpc) is 3.05. The number of hydrogen-bond acceptors (Lipinski definition) is 4. The topological polar surface area (TPSA) is 74.8 Å². The molecule has 0 unspecified atom stereocenters. The summed E-state index contributed by atoms with van der Waals surface area (Å²) in [6, 6.07) is 0. The van der Waals surface area contributed by atoms with E-state index in [1.54, 1.807) is 11.3 Å². The second-order valence-corrected chi connectivity index (χ2v) is 7.47. The van der Waals surface area contributed by atoms with Gasteiger partial charge in [0, 0.05) is 22.7 Å². The molecule has 0 radical (unpaired) electrons. The summed E-state index contributed by atoms with van der Waals surface area (Å²) in [4.78, 5) is 33.7. The van der Waals surface area contributed by atoms with Crippen LogP contribution in [0.1, 0.15) is 73.9 Å². The Hall–Kier alpha value is -1.95. The fraction of sp³-hybridized carbons (Fsp3) is 0.500. The molecule has 0 spiro atoms. The molecule has 128 valence electrons. The van der Waals surface area contributed by atoms with Gasteiger partial charge in [-0.25, -0.2) is 4.98 Å². The number of nitrogens with one attached hydrogen (secondary N) is 2. The molecule has 1 aliphatic rings. The van der Waals surface area contributed by atoms with Gasteiger partial charge in [0.15, 0.2) is 5.78 Å².